The van der Waals surface area contributed by atoms with Gasteiger partial charge in [-0.3, -0.25) is 23.5 Å². The molecular formula is C29H30FN5O4. The maximum absolute atomic E-state index is 15.2. The Balaban J connectivity index is 0.00000151. The van der Waals surface area contributed by atoms with E-state index in [-0.39, 0.29) is 39.9 Å². The summed E-state index contributed by atoms with van der Waals surface area (Å²) < 4.78 is 18.7. The number of amides is 1. The van der Waals surface area contributed by atoms with Gasteiger partial charge in [-0.1, -0.05) is 19.9 Å². The molecule has 9 nitrogen and oxygen atoms in total. The van der Waals surface area contributed by atoms with Crippen LogP contribution in [0, 0.1) is 19.7 Å². The lowest BCUT2D eigenvalue weighted by atomic mass is 10.1. The topological polar surface area (TPSA) is 107 Å². The first-order valence-corrected chi connectivity index (χ1v) is 13.0. The molecule has 2 aliphatic rings. The Morgan fingerprint density at radius 2 is 1.69 bits per heavy atom. The van der Waals surface area contributed by atoms with E-state index in [1.807, 2.05) is 13.8 Å². The molecule has 1 saturated carbocycles. The monoisotopic (exact) mass is 531 g/mol. The molecule has 2 aromatic carbocycles. The Morgan fingerprint density at radius 3 is 2.36 bits per heavy atom. The van der Waals surface area contributed by atoms with Crippen molar-refractivity contribution in [1.82, 2.24) is 19.0 Å². The predicted octanol–water partition coefficient (Wildman–Crippen LogP) is 3.96. The lowest BCUT2D eigenvalue weighted by molar-refractivity contribution is 0.0965. The average Bonchev–Trinajstić information content (AvgIpc) is 3.69. The second-order valence-corrected chi connectivity index (χ2v) is 9.72. The number of halogens is 1. The second kappa shape index (κ2) is 9.68. The van der Waals surface area contributed by atoms with E-state index in [9.17, 15) is 19.2 Å². The van der Waals surface area contributed by atoms with E-state index in [0.29, 0.717) is 36.2 Å². The molecule has 0 unspecified atom stereocenters. The average molecular weight is 532 g/mol. The highest BCUT2D eigenvalue weighted by atomic mass is 19.1. The lowest BCUT2D eigenvalue weighted by Gasteiger charge is -2.21. The molecule has 2 aromatic heterocycles. The summed E-state index contributed by atoms with van der Waals surface area (Å²) >= 11 is 0. The van der Waals surface area contributed by atoms with E-state index in [2.05, 4.69) is 10.6 Å². The number of carbonyl (C=O) groups is 1. The quantitative estimate of drug-likeness (QED) is 0.415. The van der Waals surface area contributed by atoms with Crippen molar-refractivity contribution in [3.63, 3.8) is 0 Å². The maximum Gasteiger partial charge on any atom is 0.337 e. The smallest absolute Gasteiger partial charge is 0.337 e. The summed E-state index contributed by atoms with van der Waals surface area (Å²) in [6.45, 7) is 7.71. The van der Waals surface area contributed by atoms with Gasteiger partial charge >= 0.3 is 5.69 Å². The number of nitrogens with one attached hydrogen (secondary N) is 2. The Labute approximate surface area is 223 Å². The van der Waals surface area contributed by atoms with Gasteiger partial charge in [-0.2, -0.15) is 0 Å². The Kier molecular flexibility index (Phi) is 6.49. The highest BCUT2D eigenvalue weighted by molar-refractivity contribution is 5.99. The molecule has 3 heterocycles. The maximum atomic E-state index is 15.2. The van der Waals surface area contributed by atoms with Crippen molar-refractivity contribution in [1.29, 1.82) is 0 Å². The number of benzene rings is 2. The molecule has 10 heteroatoms. The number of pyridine rings is 1. The second-order valence-electron chi connectivity index (χ2n) is 9.72. The first kappa shape index (κ1) is 26.1. The van der Waals surface area contributed by atoms with Gasteiger partial charge in [0.15, 0.2) is 0 Å². The van der Waals surface area contributed by atoms with Crippen molar-refractivity contribution in [3.8, 4) is 5.69 Å². The molecule has 0 bridgehead atoms. The van der Waals surface area contributed by atoms with Crippen molar-refractivity contribution in [2.75, 3.05) is 5.32 Å². The number of rotatable bonds is 4. The van der Waals surface area contributed by atoms with Crippen LogP contribution in [0.3, 0.4) is 0 Å². The third-order valence-electron chi connectivity index (χ3n) is 7.15. The van der Waals surface area contributed by atoms with E-state index in [1.165, 1.54) is 28.3 Å². The van der Waals surface area contributed by atoms with E-state index in [0.717, 1.165) is 10.1 Å². The number of hydrogen-bond donors (Lipinski definition) is 2. The molecule has 1 aliphatic heterocycles. The van der Waals surface area contributed by atoms with E-state index < -0.39 is 22.6 Å². The normalized spacial score (nSPS) is 14.1. The predicted molar refractivity (Wildman–Crippen MR) is 149 cm³/mol. The summed E-state index contributed by atoms with van der Waals surface area (Å²) in [5, 5.41) is 6.08. The lowest BCUT2D eigenvalue weighted by Crippen LogP contribution is -2.42. The van der Waals surface area contributed by atoms with Crippen LogP contribution in [0.1, 0.15) is 59.8 Å². The van der Waals surface area contributed by atoms with Crippen LogP contribution in [-0.4, -0.2) is 19.6 Å². The van der Waals surface area contributed by atoms with Crippen molar-refractivity contribution in [2.45, 2.75) is 53.1 Å². The Hall–Kier alpha value is -4.47. The van der Waals surface area contributed by atoms with Gasteiger partial charge in [0.25, 0.3) is 17.0 Å². The van der Waals surface area contributed by atoms with Crippen LogP contribution in [0.25, 0.3) is 16.7 Å². The first-order valence-electron chi connectivity index (χ1n) is 13.0. The standard InChI is InChI=1S/C27H24FN5O4.C2H6/c1-13-4-9-20(19(28)10-13)33-24-21(26(36)32(27(33)37)17-6-7-17)22(14(2)25(35)31(24)3)30-16-5-8-18-15(11-16)12-29-23(18)34;1-2/h4-5,8-11,17,30H,6-7,12H2,1-3H3,(H,29,34);1-2H3. The van der Waals surface area contributed by atoms with Crippen LogP contribution >= 0.6 is 0 Å². The van der Waals surface area contributed by atoms with Crippen LogP contribution in [0.4, 0.5) is 15.8 Å². The Morgan fingerprint density at radius 1 is 0.974 bits per heavy atom. The Bertz CT molecular complexity index is 1850. The van der Waals surface area contributed by atoms with Gasteiger partial charge in [-0.25, -0.2) is 13.8 Å². The van der Waals surface area contributed by atoms with E-state index >= 15 is 4.39 Å². The number of aromatic nitrogens is 3. The van der Waals surface area contributed by atoms with Crippen molar-refractivity contribution in [2.24, 2.45) is 7.05 Å². The van der Waals surface area contributed by atoms with Crippen LogP contribution in [0.5, 0.6) is 0 Å². The summed E-state index contributed by atoms with van der Waals surface area (Å²) in [4.78, 5) is 52.9. The van der Waals surface area contributed by atoms with Crippen molar-refractivity contribution < 1.29 is 9.18 Å². The van der Waals surface area contributed by atoms with Gasteiger partial charge in [-0.05, 0) is 68.1 Å². The summed E-state index contributed by atoms with van der Waals surface area (Å²) in [6, 6.07) is 9.34. The van der Waals surface area contributed by atoms with Gasteiger partial charge in [0, 0.05) is 36.4 Å². The number of carbonyl (C=O) groups excluding carboxylic acids is 1. The summed E-state index contributed by atoms with van der Waals surface area (Å²) in [5.41, 5.74) is 1.43. The highest BCUT2D eigenvalue weighted by Crippen LogP contribution is 2.34. The minimum atomic E-state index is -0.685. The largest absolute Gasteiger partial charge is 0.354 e. The molecule has 1 amide bonds. The molecular weight excluding hydrogens is 501 g/mol. The van der Waals surface area contributed by atoms with Gasteiger partial charge in [-0.15, -0.1) is 0 Å². The third kappa shape index (κ3) is 4.16. The molecule has 0 radical (unpaired) electrons. The van der Waals surface area contributed by atoms with E-state index in [1.54, 1.807) is 38.1 Å². The van der Waals surface area contributed by atoms with E-state index in [4.69, 9.17) is 0 Å². The van der Waals surface area contributed by atoms with Gasteiger partial charge in [0.1, 0.15) is 16.9 Å². The molecule has 0 spiro atoms. The summed E-state index contributed by atoms with van der Waals surface area (Å²) in [6.07, 6.45) is 1.33. The van der Waals surface area contributed by atoms with Crippen LogP contribution in [0.2, 0.25) is 0 Å². The van der Waals surface area contributed by atoms with Crippen LogP contribution < -0.4 is 27.4 Å². The number of nitrogens with zero attached hydrogens (tertiary/aromatic N) is 3. The number of hydrogen-bond acceptors (Lipinski definition) is 5. The number of aryl methyl sites for hydroxylation is 2. The van der Waals surface area contributed by atoms with Gasteiger partial charge < -0.3 is 10.6 Å². The zero-order valence-electron chi connectivity index (χ0n) is 22.5. The number of fused-ring (bicyclic) bond motifs is 2. The summed E-state index contributed by atoms with van der Waals surface area (Å²) in [7, 11) is 1.47. The fraction of sp³-hybridized carbons (Fsp3) is 0.310. The van der Waals surface area contributed by atoms with Crippen LogP contribution in [-0.2, 0) is 13.6 Å². The molecule has 0 saturated heterocycles. The fourth-order valence-electron chi connectivity index (χ4n) is 5.07. The molecule has 4 aromatic rings. The molecule has 2 N–H and O–H groups in total. The van der Waals surface area contributed by atoms with Crippen LogP contribution in [0.15, 0.2) is 50.8 Å². The minimum Gasteiger partial charge on any atom is -0.354 e. The molecule has 1 aliphatic carbocycles. The highest BCUT2D eigenvalue weighted by Gasteiger charge is 2.32. The zero-order valence-corrected chi connectivity index (χ0v) is 22.5. The number of anilines is 2. The van der Waals surface area contributed by atoms with Gasteiger partial charge in [0.2, 0.25) is 0 Å². The molecule has 202 valence electrons. The molecule has 39 heavy (non-hydrogen) atoms. The third-order valence-corrected chi connectivity index (χ3v) is 7.15. The minimum absolute atomic E-state index is 0.00533. The molecule has 6 rings (SSSR count). The van der Waals surface area contributed by atoms with Crippen molar-refractivity contribution >= 4 is 28.3 Å². The SMILES string of the molecule is CC.Cc1ccc(-n2c(=O)n(C3CC3)c(=O)c3c(Nc4ccc5c(c4)CNC5=O)c(C)c(=O)n(C)c32)c(F)c1. The zero-order chi connectivity index (χ0) is 28.2. The summed E-state index contributed by atoms with van der Waals surface area (Å²) in [5.74, 6) is -0.795. The molecule has 0 atom stereocenters. The molecule has 1 fully saturated rings. The first-order chi connectivity index (χ1) is 18.7. The van der Waals surface area contributed by atoms with Crippen molar-refractivity contribution in [3.05, 3.63) is 95.7 Å². The van der Waals surface area contributed by atoms with Gasteiger partial charge in [0.05, 0.1) is 11.4 Å². The fourth-order valence-corrected chi connectivity index (χ4v) is 5.07.